The van der Waals surface area contributed by atoms with Crippen LogP contribution in [0, 0.1) is 6.92 Å². The molecular formula is C14H15N3O. The van der Waals surface area contributed by atoms with Crippen molar-refractivity contribution >= 4 is 17.3 Å². The number of hydrogen-bond donors (Lipinski definition) is 1. The van der Waals surface area contributed by atoms with Crippen LogP contribution in [0.3, 0.4) is 0 Å². The van der Waals surface area contributed by atoms with E-state index in [9.17, 15) is 4.79 Å². The number of nitrogens with two attached hydrogens (primary N) is 1. The first-order valence-electron chi connectivity index (χ1n) is 5.64. The molecule has 1 aromatic heterocycles. The van der Waals surface area contributed by atoms with Crippen molar-refractivity contribution in [1.29, 1.82) is 0 Å². The highest BCUT2D eigenvalue weighted by Gasteiger charge is 2.13. The molecule has 0 aliphatic heterocycles. The largest absolute Gasteiger partial charge is 0.399 e. The molecular weight excluding hydrogens is 226 g/mol. The number of amides is 1. The minimum Gasteiger partial charge on any atom is -0.399 e. The molecule has 0 aliphatic carbocycles. The van der Waals surface area contributed by atoms with Crippen molar-refractivity contribution < 1.29 is 4.79 Å². The molecule has 0 spiro atoms. The summed E-state index contributed by atoms with van der Waals surface area (Å²) in [5.74, 6) is -0.104. The number of aryl methyl sites for hydroxylation is 1. The molecule has 2 aromatic rings. The van der Waals surface area contributed by atoms with E-state index < -0.39 is 0 Å². The molecule has 1 amide bonds. The van der Waals surface area contributed by atoms with Crippen molar-refractivity contribution in [3.8, 4) is 0 Å². The molecule has 0 saturated heterocycles. The van der Waals surface area contributed by atoms with Crippen molar-refractivity contribution in [3.05, 3.63) is 53.9 Å². The van der Waals surface area contributed by atoms with E-state index in [0.717, 1.165) is 11.4 Å². The third kappa shape index (κ3) is 2.48. The van der Waals surface area contributed by atoms with Gasteiger partial charge in [0.05, 0.1) is 5.56 Å². The number of anilines is 2. The molecule has 4 heteroatoms. The molecule has 0 radical (unpaired) electrons. The first kappa shape index (κ1) is 12.1. The summed E-state index contributed by atoms with van der Waals surface area (Å²) in [6.07, 6.45) is 1.58. The summed E-state index contributed by atoms with van der Waals surface area (Å²) in [5.41, 5.74) is 8.55. The van der Waals surface area contributed by atoms with Crippen LogP contribution < -0.4 is 10.6 Å². The van der Waals surface area contributed by atoms with Crippen LogP contribution in [0.15, 0.2) is 42.6 Å². The van der Waals surface area contributed by atoms with Gasteiger partial charge in [-0.05, 0) is 37.3 Å². The third-order valence-corrected chi connectivity index (χ3v) is 2.72. The second kappa shape index (κ2) is 4.87. The minimum atomic E-state index is -0.104. The van der Waals surface area contributed by atoms with Gasteiger partial charge in [0.15, 0.2) is 0 Å². The SMILES string of the molecule is Cc1ccc(C(=O)N(C)c2cccc(N)c2)cn1. The van der Waals surface area contributed by atoms with E-state index in [1.165, 1.54) is 0 Å². The fraction of sp³-hybridized carbons (Fsp3) is 0.143. The average Bonchev–Trinajstić information content (AvgIpc) is 2.38. The summed E-state index contributed by atoms with van der Waals surface area (Å²) in [6.45, 7) is 1.88. The predicted octanol–water partition coefficient (Wildman–Crippen LogP) is 2.25. The fourth-order valence-corrected chi connectivity index (χ4v) is 1.64. The first-order chi connectivity index (χ1) is 8.58. The van der Waals surface area contributed by atoms with Crippen LogP contribution in [0.5, 0.6) is 0 Å². The number of rotatable bonds is 2. The maximum atomic E-state index is 12.2. The molecule has 18 heavy (non-hydrogen) atoms. The Balaban J connectivity index is 2.26. The molecule has 0 saturated carbocycles. The van der Waals surface area contributed by atoms with Crippen molar-refractivity contribution in [2.24, 2.45) is 0 Å². The zero-order valence-electron chi connectivity index (χ0n) is 10.4. The number of carbonyl (C=O) groups is 1. The smallest absolute Gasteiger partial charge is 0.259 e. The molecule has 4 nitrogen and oxygen atoms in total. The van der Waals surface area contributed by atoms with E-state index in [-0.39, 0.29) is 5.91 Å². The summed E-state index contributed by atoms with van der Waals surface area (Å²) in [4.78, 5) is 17.9. The highest BCUT2D eigenvalue weighted by molar-refractivity contribution is 6.05. The number of nitrogens with zero attached hydrogens (tertiary/aromatic N) is 2. The molecule has 2 rings (SSSR count). The van der Waals surface area contributed by atoms with Gasteiger partial charge in [-0.2, -0.15) is 0 Å². The Morgan fingerprint density at radius 3 is 2.67 bits per heavy atom. The van der Waals surface area contributed by atoms with Gasteiger partial charge in [-0.15, -0.1) is 0 Å². The van der Waals surface area contributed by atoms with Gasteiger partial charge in [-0.1, -0.05) is 6.07 Å². The Kier molecular flexibility index (Phi) is 3.28. The number of hydrogen-bond acceptors (Lipinski definition) is 3. The Hall–Kier alpha value is -2.36. The Bertz CT molecular complexity index is 564. The van der Waals surface area contributed by atoms with Gasteiger partial charge in [-0.3, -0.25) is 9.78 Å². The van der Waals surface area contributed by atoms with Gasteiger partial charge >= 0.3 is 0 Å². The van der Waals surface area contributed by atoms with Crippen molar-refractivity contribution in [1.82, 2.24) is 4.98 Å². The number of carbonyl (C=O) groups excluding carboxylic acids is 1. The molecule has 1 aromatic carbocycles. The highest BCUT2D eigenvalue weighted by Crippen LogP contribution is 2.18. The summed E-state index contributed by atoms with van der Waals surface area (Å²) in [5, 5.41) is 0. The van der Waals surface area contributed by atoms with Crippen LogP contribution in [0.4, 0.5) is 11.4 Å². The average molecular weight is 241 g/mol. The zero-order chi connectivity index (χ0) is 13.1. The van der Waals surface area contributed by atoms with E-state index in [4.69, 9.17) is 5.73 Å². The van der Waals surface area contributed by atoms with Crippen molar-refractivity contribution in [3.63, 3.8) is 0 Å². The molecule has 0 atom stereocenters. The van der Waals surface area contributed by atoms with Gasteiger partial charge in [0, 0.05) is 30.3 Å². The van der Waals surface area contributed by atoms with Gasteiger partial charge in [0.1, 0.15) is 0 Å². The maximum absolute atomic E-state index is 12.2. The molecule has 0 fully saturated rings. The summed E-state index contributed by atoms with van der Waals surface area (Å²) in [7, 11) is 1.72. The fourth-order valence-electron chi connectivity index (χ4n) is 1.64. The second-order valence-electron chi connectivity index (χ2n) is 4.15. The summed E-state index contributed by atoms with van der Waals surface area (Å²) < 4.78 is 0. The topological polar surface area (TPSA) is 59.2 Å². The van der Waals surface area contributed by atoms with E-state index in [1.807, 2.05) is 25.1 Å². The highest BCUT2D eigenvalue weighted by atomic mass is 16.2. The summed E-state index contributed by atoms with van der Waals surface area (Å²) >= 11 is 0. The standard InChI is InChI=1S/C14H15N3O/c1-10-6-7-11(9-16-10)14(18)17(2)13-5-3-4-12(15)8-13/h3-9H,15H2,1-2H3. The van der Waals surface area contributed by atoms with E-state index in [1.54, 1.807) is 36.3 Å². The van der Waals surface area contributed by atoms with Gasteiger partial charge in [0.2, 0.25) is 0 Å². The normalized spacial score (nSPS) is 10.1. The van der Waals surface area contributed by atoms with Crippen LogP contribution in [-0.2, 0) is 0 Å². The second-order valence-corrected chi connectivity index (χ2v) is 4.15. The maximum Gasteiger partial charge on any atom is 0.259 e. The third-order valence-electron chi connectivity index (χ3n) is 2.72. The van der Waals surface area contributed by atoms with Crippen LogP contribution in [0.2, 0.25) is 0 Å². The van der Waals surface area contributed by atoms with Gasteiger partial charge in [0.25, 0.3) is 5.91 Å². The van der Waals surface area contributed by atoms with Crippen LogP contribution in [0.25, 0.3) is 0 Å². The van der Waals surface area contributed by atoms with Crippen LogP contribution in [-0.4, -0.2) is 17.9 Å². The molecule has 0 unspecified atom stereocenters. The lowest BCUT2D eigenvalue weighted by atomic mass is 10.2. The quantitative estimate of drug-likeness (QED) is 0.820. The molecule has 0 bridgehead atoms. The Morgan fingerprint density at radius 1 is 1.28 bits per heavy atom. The first-order valence-corrected chi connectivity index (χ1v) is 5.64. The predicted molar refractivity (Wildman–Crippen MR) is 72.6 cm³/mol. The molecule has 92 valence electrons. The summed E-state index contributed by atoms with van der Waals surface area (Å²) in [6, 6.07) is 10.8. The minimum absolute atomic E-state index is 0.104. The van der Waals surface area contributed by atoms with Crippen molar-refractivity contribution in [2.45, 2.75) is 6.92 Å². The monoisotopic (exact) mass is 241 g/mol. The van der Waals surface area contributed by atoms with Crippen LogP contribution in [0.1, 0.15) is 16.1 Å². The number of aromatic nitrogens is 1. The van der Waals surface area contributed by atoms with E-state index in [0.29, 0.717) is 11.3 Å². The van der Waals surface area contributed by atoms with Gasteiger partial charge in [-0.25, -0.2) is 0 Å². The molecule has 1 heterocycles. The van der Waals surface area contributed by atoms with Crippen molar-refractivity contribution in [2.75, 3.05) is 17.7 Å². The lowest BCUT2D eigenvalue weighted by Crippen LogP contribution is -2.26. The number of benzene rings is 1. The zero-order valence-corrected chi connectivity index (χ0v) is 10.4. The lowest BCUT2D eigenvalue weighted by Gasteiger charge is -2.17. The number of pyridine rings is 1. The Morgan fingerprint density at radius 2 is 2.06 bits per heavy atom. The van der Waals surface area contributed by atoms with E-state index in [2.05, 4.69) is 4.98 Å². The van der Waals surface area contributed by atoms with E-state index >= 15 is 0 Å². The van der Waals surface area contributed by atoms with Gasteiger partial charge < -0.3 is 10.6 Å². The molecule has 2 N–H and O–H groups in total. The Labute approximate surface area is 106 Å². The molecule has 0 aliphatic rings. The van der Waals surface area contributed by atoms with Crippen LogP contribution >= 0.6 is 0 Å². The lowest BCUT2D eigenvalue weighted by molar-refractivity contribution is 0.0992. The number of nitrogen functional groups attached to an aromatic ring is 1.